The van der Waals surface area contributed by atoms with Crippen LogP contribution in [0.3, 0.4) is 0 Å². The van der Waals surface area contributed by atoms with Gasteiger partial charge >= 0.3 is 5.63 Å². The third-order valence-corrected chi connectivity index (χ3v) is 5.05. The summed E-state index contributed by atoms with van der Waals surface area (Å²) in [7, 11) is 0. The molecule has 2 aromatic carbocycles. The third kappa shape index (κ3) is 5.31. The number of aliphatic hydroxyl groups is 1. The number of carbonyl (C=O) groups is 2. The number of hydrogen-bond acceptors (Lipinski definition) is 6. The summed E-state index contributed by atoms with van der Waals surface area (Å²) in [4.78, 5) is 36.0. The van der Waals surface area contributed by atoms with Gasteiger partial charge in [0.25, 0.3) is 5.91 Å². The molecule has 0 unspecified atom stereocenters. The van der Waals surface area contributed by atoms with Crippen molar-refractivity contribution in [1.82, 2.24) is 0 Å². The van der Waals surface area contributed by atoms with E-state index >= 15 is 0 Å². The highest BCUT2D eigenvalue weighted by Crippen LogP contribution is 2.32. The van der Waals surface area contributed by atoms with Crippen molar-refractivity contribution in [3.63, 3.8) is 0 Å². The van der Waals surface area contributed by atoms with Gasteiger partial charge in [-0.05, 0) is 44.5 Å². The average molecular weight is 444 g/mol. The van der Waals surface area contributed by atoms with E-state index in [1.165, 1.54) is 13.0 Å². The van der Waals surface area contributed by atoms with Gasteiger partial charge in [-0.25, -0.2) is 4.79 Å². The van der Waals surface area contributed by atoms with Crippen LogP contribution in [0.5, 0.6) is 5.75 Å². The number of amides is 1. The number of rotatable bonds is 7. The predicted molar refractivity (Wildman–Crippen MR) is 118 cm³/mol. The summed E-state index contributed by atoms with van der Waals surface area (Å²) in [6.07, 6.45) is -0.517. The summed E-state index contributed by atoms with van der Waals surface area (Å²) in [5, 5.41) is 13.1. The fraction of sp³-hybridized carbons (Fsp3) is 0.261. The van der Waals surface area contributed by atoms with Gasteiger partial charge < -0.3 is 19.6 Å². The number of Topliss-reactive ketones (excluding diaryl/α,β-unsaturated/α-hetero) is 1. The van der Waals surface area contributed by atoms with Gasteiger partial charge in [0.05, 0.1) is 11.1 Å². The maximum atomic E-state index is 12.3. The Bertz CT molecular complexity index is 1210. The smallest absolute Gasteiger partial charge is 0.339 e. The number of ether oxygens (including phenoxy) is 1. The highest BCUT2D eigenvalue weighted by molar-refractivity contribution is 6.32. The highest BCUT2D eigenvalue weighted by atomic mass is 35.5. The van der Waals surface area contributed by atoms with Gasteiger partial charge in [0, 0.05) is 34.7 Å². The molecule has 0 fully saturated rings. The monoisotopic (exact) mass is 443 g/mol. The van der Waals surface area contributed by atoms with E-state index in [0.29, 0.717) is 27.8 Å². The summed E-state index contributed by atoms with van der Waals surface area (Å²) in [5.74, 6) is -0.363. The molecule has 3 aromatic rings. The highest BCUT2D eigenvalue weighted by Gasteiger charge is 2.16. The number of aryl methyl sites for hydroxylation is 1. The van der Waals surface area contributed by atoms with E-state index in [2.05, 4.69) is 5.32 Å². The molecule has 0 aliphatic rings. The van der Waals surface area contributed by atoms with Crippen molar-refractivity contribution in [2.24, 2.45) is 0 Å². The Morgan fingerprint density at radius 1 is 1.26 bits per heavy atom. The molecule has 0 saturated carbocycles. The maximum absolute atomic E-state index is 12.3. The number of fused-ring (bicyclic) bond motifs is 1. The van der Waals surface area contributed by atoms with Crippen molar-refractivity contribution in [1.29, 1.82) is 0 Å². The second kappa shape index (κ2) is 9.32. The largest absolute Gasteiger partial charge is 0.482 e. The van der Waals surface area contributed by atoms with Crippen LogP contribution in [0.1, 0.15) is 35.3 Å². The molecule has 0 radical (unpaired) electrons. The number of nitrogens with one attached hydrogen (secondary N) is 1. The molecule has 1 atom stereocenters. The minimum Gasteiger partial charge on any atom is -0.482 e. The number of carbonyl (C=O) groups excluding carboxylic acids is 2. The molecule has 0 aliphatic carbocycles. The summed E-state index contributed by atoms with van der Waals surface area (Å²) in [6, 6.07) is 9.63. The lowest BCUT2D eigenvalue weighted by Crippen LogP contribution is -2.20. The molecule has 0 saturated heterocycles. The van der Waals surface area contributed by atoms with E-state index in [-0.39, 0.29) is 35.2 Å². The first kappa shape index (κ1) is 22.5. The van der Waals surface area contributed by atoms with Gasteiger partial charge in [-0.2, -0.15) is 0 Å². The Kier molecular flexibility index (Phi) is 6.77. The fourth-order valence-corrected chi connectivity index (χ4v) is 3.41. The number of halogens is 1. The predicted octanol–water partition coefficient (Wildman–Crippen LogP) is 3.90. The summed E-state index contributed by atoms with van der Waals surface area (Å²) < 4.78 is 10.9. The molecule has 3 rings (SSSR count). The number of benzene rings is 2. The van der Waals surface area contributed by atoms with E-state index in [9.17, 15) is 19.5 Å². The number of aliphatic hydroxyl groups excluding tert-OH is 1. The quantitative estimate of drug-likeness (QED) is 0.423. The zero-order chi connectivity index (χ0) is 22.7. The molecule has 1 heterocycles. The second-order valence-electron chi connectivity index (χ2n) is 7.30. The second-order valence-corrected chi connectivity index (χ2v) is 7.71. The lowest BCUT2D eigenvalue weighted by atomic mass is 10.0. The van der Waals surface area contributed by atoms with E-state index in [0.717, 1.165) is 0 Å². The van der Waals surface area contributed by atoms with Gasteiger partial charge in [-0.15, -0.1) is 0 Å². The summed E-state index contributed by atoms with van der Waals surface area (Å²) in [5.41, 5.74) is 1.74. The SMILES string of the molecule is CC(=O)c1cccc(NC(=O)COc2cc3oc(=O)c(C[C@@H](C)O)c(C)c3cc2Cl)c1. The molecular weight excluding hydrogens is 422 g/mol. The van der Waals surface area contributed by atoms with E-state index in [1.807, 2.05) is 0 Å². The maximum Gasteiger partial charge on any atom is 0.339 e. The first-order chi connectivity index (χ1) is 14.7. The standard InChI is InChI=1S/C23H22ClNO6/c1-12(26)7-18-13(2)17-9-19(24)21(10-20(17)31-23(18)29)30-11-22(28)25-16-6-4-5-15(8-16)14(3)27/h4-6,8-10,12,26H,7,11H2,1-3H3,(H,25,28)/t12-/m1/s1. The van der Waals surface area contributed by atoms with Gasteiger partial charge in [0.1, 0.15) is 11.3 Å². The van der Waals surface area contributed by atoms with Gasteiger partial charge in [-0.1, -0.05) is 23.7 Å². The van der Waals surface area contributed by atoms with Crippen LogP contribution >= 0.6 is 11.6 Å². The van der Waals surface area contributed by atoms with Gasteiger partial charge in [0.15, 0.2) is 12.4 Å². The molecule has 0 bridgehead atoms. The minimum atomic E-state index is -0.688. The fourth-order valence-electron chi connectivity index (χ4n) is 3.19. The molecule has 8 heteroatoms. The van der Waals surface area contributed by atoms with Crippen molar-refractivity contribution in [2.75, 3.05) is 11.9 Å². The Hall–Kier alpha value is -3.16. The summed E-state index contributed by atoms with van der Waals surface area (Å²) in [6.45, 7) is 4.46. The van der Waals surface area contributed by atoms with Crippen LogP contribution in [-0.2, 0) is 11.2 Å². The van der Waals surface area contributed by atoms with Crippen molar-refractivity contribution >= 4 is 39.9 Å². The van der Waals surface area contributed by atoms with E-state index in [1.54, 1.807) is 44.2 Å². The van der Waals surface area contributed by atoms with Gasteiger partial charge in [0.2, 0.25) is 0 Å². The lowest BCUT2D eigenvalue weighted by Gasteiger charge is -2.12. The van der Waals surface area contributed by atoms with E-state index in [4.69, 9.17) is 20.8 Å². The summed E-state index contributed by atoms with van der Waals surface area (Å²) >= 11 is 6.31. The van der Waals surface area contributed by atoms with Crippen molar-refractivity contribution < 1.29 is 23.8 Å². The lowest BCUT2D eigenvalue weighted by molar-refractivity contribution is -0.118. The van der Waals surface area contributed by atoms with Gasteiger partial charge in [-0.3, -0.25) is 9.59 Å². The Morgan fingerprint density at radius 3 is 2.68 bits per heavy atom. The van der Waals surface area contributed by atoms with Crippen LogP contribution in [0.25, 0.3) is 11.0 Å². The third-order valence-electron chi connectivity index (χ3n) is 4.75. The Morgan fingerprint density at radius 2 is 2.00 bits per heavy atom. The number of ketones is 1. The normalized spacial score (nSPS) is 11.9. The Labute approximate surface area is 183 Å². The molecule has 31 heavy (non-hydrogen) atoms. The minimum absolute atomic E-state index is 0.108. The molecule has 1 amide bonds. The molecular formula is C23H22ClNO6. The van der Waals surface area contributed by atoms with Crippen LogP contribution in [0.15, 0.2) is 45.6 Å². The molecule has 0 aliphatic heterocycles. The van der Waals surface area contributed by atoms with Crippen molar-refractivity contribution in [3.05, 3.63) is 68.5 Å². The Balaban J connectivity index is 1.78. The first-order valence-electron chi connectivity index (χ1n) is 9.63. The van der Waals surface area contributed by atoms with Crippen molar-refractivity contribution in [3.8, 4) is 5.75 Å². The van der Waals surface area contributed by atoms with Crippen LogP contribution in [-0.4, -0.2) is 29.5 Å². The van der Waals surface area contributed by atoms with Crippen LogP contribution < -0.4 is 15.7 Å². The molecule has 0 spiro atoms. The molecule has 7 nitrogen and oxygen atoms in total. The zero-order valence-electron chi connectivity index (χ0n) is 17.3. The number of hydrogen-bond donors (Lipinski definition) is 2. The molecule has 1 aromatic heterocycles. The average Bonchev–Trinajstić information content (AvgIpc) is 2.70. The molecule has 2 N–H and O–H groups in total. The first-order valence-corrected chi connectivity index (χ1v) is 10.0. The van der Waals surface area contributed by atoms with Crippen LogP contribution in [0, 0.1) is 6.92 Å². The van der Waals surface area contributed by atoms with E-state index < -0.39 is 17.6 Å². The zero-order valence-corrected chi connectivity index (χ0v) is 18.1. The molecule has 162 valence electrons. The van der Waals surface area contributed by atoms with Crippen LogP contribution in [0.2, 0.25) is 5.02 Å². The topological polar surface area (TPSA) is 106 Å². The number of anilines is 1. The van der Waals surface area contributed by atoms with Crippen LogP contribution in [0.4, 0.5) is 5.69 Å². The van der Waals surface area contributed by atoms with Crippen molar-refractivity contribution in [2.45, 2.75) is 33.3 Å².